The van der Waals surface area contributed by atoms with E-state index >= 15 is 0 Å². The summed E-state index contributed by atoms with van der Waals surface area (Å²) in [6, 6.07) is 10.5. The lowest BCUT2D eigenvalue weighted by Gasteiger charge is -2.14. The average molecular weight is 397 g/mol. The van der Waals surface area contributed by atoms with Crippen molar-refractivity contribution >= 4 is 33.2 Å². The van der Waals surface area contributed by atoms with Gasteiger partial charge in [-0.1, -0.05) is 11.6 Å². The molecule has 2 aromatic carbocycles. The Morgan fingerprint density at radius 3 is 2.23 bits per heavy atom. The van der Waals surface area contributed by atoms with Crippen LogP contribution in [0.15, 0.2) is 47.4 Å². The number of hydrogen-bond donors (Lipinski definition) is 1. The number of nitrogens with zero attached hydrogens (tertiary/aromatic N) is 1. The van der Waals surface area contributed by atoms with Crippen molar-refractivity contribution in [1.29, 1.82) is 0 Å². The molecule has 0 aliphatic carbocycles. The number of benzene rings is 2. The summed E-state index contributed by atoms with van der Waals surface area (Å²) in [6.07, 6.45) is 0.00103. The Hall–Kier alpha value is -2.25. The van der Waals surface area contributed by atoms with Gasteiger partial charge in [-0.15, -0.1) is 0 Å². The van der Waals surface area contributed by atoms with Gasteiger partial charge in [0.2, 0.25) is 0 Å². The SMILES string of the molecule is CC(C)Oc1ccc(S(=O)(=O)Nc2ccc(C(=O)N(C)C)c(Cl)c2)cc1. The molecule has 0 radical (unpaired) electrons. The number of ether oxygens (including phenoxy) is 1. The summed E-state index contributed by atoms with van der Waals surface area (Å²) in [5.74, 6) is 0.332. The van der Waals surface area contributed by atoms with Crippen LogP contribution in [0.5, 0.6) is 5.75 Å². The minimum atomic E-state index is -3.78. The van der Waals surface area contributed by atoms with Gasteiger partial charge in [-0.25, -0.2) is 8.42 Å². The van der Waals surface area contributed by atoms with E-state index in [1.165, 1.54) is 35.2 Å². The molecule has 26 heavy (non-hydrogen) atoms. The van der Waals surface area contributed by atoms with Crippen LogP contribution in [-0.2, 0) is 10.0 Å². The summed E-state index contributed by atoms with van der Waals surface area (Å²) in [6.45, 7) is 3.78. The second kappa shape index (κ2) is 7.97. The fraction of sp³-hybridized carbons (Fsp3) is 0.278. The van der Waals surface area contributed by atoms with Crippen LogP contribution in [0.1, 0.15) is 24.2 Å². The quantitative estimate of drug-likeness (QED) is 0.808. The lowest BCUT2D eigenvalue weighted by Crippen LogP contribution is -2.22. The molecular formula is C18H21ClN2O4S. The van der Waals surface area contributed by atoms with Crippen LogP contribution in [0.25, 0.3) is 0 Å². The topological polar surface area (TPSA) is 75.7 Å². The molecule has 0 heterocycles. The number of anilines is 1. The number of carbonyl (C=O) groups excluding carboxylic acids is 1. The van der Waals surface area contributed by atoms with E-state index in [2.05, 4.69) is 4.72 Å². The molecule has 0 aliphatic heterocycles. The number of sulfonamides is 1. The van der Waals surface area contributed by atoms with Gasteiger partial charge in [0.05, 0.1) is 27.3 Å². The standard InChI is InChI=1S/C18H21ClN2O4S/c1-12(2)25-14-6-8-15(9-7-14)26(23,24)20-13-5-10-16(17(19)11-13)18(22)21(3)4/h5-12,20H,1-4H3. The molecule has 0 bridgehead atoms. The van der Waals surface area contributed by atoms with Crippen molar-refractivity contribution in [3.63, 3.8) is 0 Å². The van der Waals surface area contributed by atoms with Gasteiger partial charge in [0.15, 0.2) is 0 Å². The summed E-state index contributed by atoms with van der Waals surface area (Å²) in [7, 11) is -0.558. The van der Waals surface area contributed by atoms with Crippen molar-refractivity contribution in [3.8, 4) is 5.75 Å². The molecule has 2 aromatic rings. The first kappa shape index (κ1) is 20.1. The van der Waals surface area contributed by atoms with Crippen molar-refractivity contribution in [2.45, 2.75) is 24.8 Å². The molecule has 0 saturated carbocycles. The Labute approximate surface area is 158 Å². The zero-order valence-corrected chi connectivity index (χ0v) is 16.6. The van der Waals surface area contributed by atoms with Crippen LogP contribution < -0.4 is 9.46 Å². The van der Waals surface area contributed by atoms with Crippen LogP contribution in [0.3, 0.4) is 0 Å². The molecule has 0 spiro atoms. The summed E-state index contributed by atoms with van der Waals surface area (Å²) in [4.78, 5) is 13.5. The fourth-order valence-corrected chi connectivity index (χ4v) is 3.49. The maximum atomic E-state index is 12.5. The summed E-state index contributed by atoms with van der Waals surface area (Å²) in [5, 5.41) is 0.171. The third-order valence-electron chi connectivity index (χ3n) is 3.36. The monoisotopic (exact) mass is 396 g/mol. The first-order chi connectivity index (χ1) is 12.1. The van der Waals surface area contributed by atoms with Gasteiger partial charge in [0, 0.05) is 14.1 Å². The maximum absolute atomic E-state index is 12.5. The second-order valence-corrected chi connectivity index (χ2v) is 8.23. The highest BCUT2D eigenvalue weighted by atomic mass is 35.5. The van der Waals surface area contributed by atoms with E-state index in [0.29, 0.717) is 11.3 Å². The van der Waals surface area contributed by atoms with Gasteiger partial charge in [0.25, 0.3) is 15.9 Å². The second-order valence-electron chi connectivity index (χ2n) is 6.14. The van der Waals surface area contributed by atoms with Gasteiger partial charge >= 0.3 is 0 Å². The molecule has 8 heteroatoms. The van der Waals surface area contributed by atoms with Gasteiger partial charge in [-0.2, -0.15) is 0 Å². The molecule has 0 fully saturated rings. The predicted molar refractivity (Wildman–Crippen MR) is 102 cm³/mol. The highest BCUT2D eigenvalue weighted by molar-refractivity contribution is 7.92. The van der Waals surface area contributed by atoms with Gasteiger partial charge < -0.3 is 9.64 Å². The molecule has 6 nitrogen and oxygen atoms in total. The molecular weight excluding hydrogens is 376 g/mol. The zero-order chi connectivity index (χ0) is 19.5. The molecule has 2 rings (SSSR count). The van der Waals surface area contributed by atoms with Gasteiger partial charge in [-0.3, -0.25) is 9.52 Å². The molecule has 1 N–H and O–H groups in total. The van der Waals surface area contributed by atoms with Crippen molar-refractivity contribution in [3.05, 3.63) is 53.1 Å². The molecule has 0 unspecified atom stereocenters. The van der Waals surface area contributed by atoms with Gasteiger partial charge in [0.1, 0.15) is 5.75 Å². The Balaban J connectivity index is 2.21. The normalized spacial score (nSPS) is 11.3. The Bertz CT molecular complexity index is 894. The average Bonchev–Trinajstić information content (AvgIpc) is 2.54. The summed E-state index contributed by atoms with van der Waals surface area (Å²) >= 11 is 6.11. The van der Waals surface area contributed by atoms with E-state index in [1.54, 1.807) is 26.2 Å². The van der Waals surface area contributed by atoms with Crippen LogP contribution >= 0.6 is 11.6 Å². The molecule has 0 saturated heterocycles. The third-order valence-corrected chi connectivity index (χ3v) is 5.07. The number of carbonyl (C=O) groups is 1. The lowest BCUT2D eigenvalue weighted by atomic mass is 10.2. The molecule has 0 atom stereocenters. The number of amides is 1. The molecule has 0 aliphatic rings. The number of nitrogens with one attached hydrogen (secondary N) is 1. The maximum Gasteiger partial charge on any atom is 0.261 e. The fourth-order valence-electron chi connectivity index (χ4n) is 2.18. The minimum Gasteiger partial charge on any atom is -0.491 e. The number of rotatable bonds is 6. The van der Waals surface area contributed by atoms with Crippen LogP contribution in [0.2, 0.25) is 5.02 Å². The Morgan fingerprint density at radius 2 is 1.73 bits per heavy atom. The summed E-state index contributed by atoms with van der Waals surface area (Å²) < 4.78 is 33.0. The van der Waals surface area contributed by atoms with Crippen molar-refractivity contribution in [1.82, 2.24) is 4.90 Å². The predicted octanol–water partition coefficient (Wildman–Crippen LogP) is 3.63. The minimum absolute atomic E-state index is 0.00103. The Kier molecular flexibility index (Phi) is 6.15. The van der Waals surface area contributed by atoms with Crippen LogP contribution in [0, 0.1) is 0 Å². The Morgan fingerprint density at radius 1 is 1.12 bits per heavy atom. The lowest BCUT2D eigenvalue weighted by molar-refractivity contribution is 0.0828. The van der Waals surface area contributed by atoms with E-state index in [0.717, 1.165) is 0 Å². The largest absolute Gasteiger partial charge is 0.491 e. The zero-order valence-electron chi connectivity index (χ0n) is 15.0. The molecule has 1 amide bonds. The van der Waals surface area contributed by atoms with Crippen molar-refractivity contribution in [2.24, 2.45) is 0 Å². The van der Waals surface area contributed by atoms with Crippen LogP contribution in [-0.4, -0.2) is 39.4 Å². The van der Waals surface area contributed by atoms with Gasteiger partial charge in [-0.05, 0) is 56.3 Å². The highest BCUT2D eigenvalue weighted by Crippen LogP contribution is 2.25. The number of halogens is 1. The highest BCUT2D eigenvalue weighted by Gasteiger charge is 2.17. The first-order valence-electron chi connectivity index (χ1n) is 7.91. The van der Waals surface area contributed by atoms with Crippen molar-refractivity contribution < 1.29 is 17.9 Å². The van der Waals surface area contributed by atoms with Crippen LogP contribution in [0.4, 0.5) is 5.69 Å². The van der Waals surface area contributed by atoms with E-state index in [1.807, 2.05) is 13.8 Å². The smallest absolute Gasteiger partial charge is 0.261 e. The third kappa shape index (κ3) is 4.89. The molecule has 140 valence electrons. The van der Waals surface area contributed by atoms with E-state index in [-0.39, 0.29) is 27.6 Å². The molecule has 0 aromatic heterocycles. The van der Waals surface area contributed by atoms with E-state index < -0.39 is 10.0 Å². The van der Waals surface area contributed by atoms with E-state index in [9.17, 15) is 13.2 Å². The first-order valence-corrected chi connectivity index (χ1v) is 9.77. The van der Waals surface area contributed by atoms with Crippen molar-refractivity contribution in [2.75, 3.05) is 18.8 Å². The summed E-state index contributed by atoms with van der Waals surface area (Å²) in [5.41, 5.74) is 0.572. The van der Waals surface area contributed by atoms with E-state index in [4.69, 9.17) is 16.3 Å². The number of hydrogen-bond acceptors (Lipinski definition) is 4.